The van der Waals surface area contributed by atoms with E-state index in [2.05, 4.69) is 20.9 Å². The van der Waals surface area contributed by atoms with Gasteiger partial charge in [-0.05, 0) is 25.0 Å². The maximum absolute atomic E-state index is 13.9. The fourth-order valence-electron chi connectivity index (χ4n) is 2.41. The molecule has 84 valence electrons. The minimum atomic E-state index is -0.702. The molecule has 1 saturated carbocycles. The molecule has 0 radical (unpaired) electrons. The predicted octanol–water partition coefficient (Wildman–Crippen LogP) is 3.69. The number of aliphatic imine (C=N–C) groups is 1. The van der Waals surface area contributed by atoms with Crippen molar-refractivity contribution in [2.45, 2.75) is 31.2 Å². The largest absolute Gasteiger partial charge is 0.235 e. The number of carbonyl (C=O) groups excluding carboxylic acids is 1. The summed E-state index contributed by atoms with van der Waals surface area (Å²) in [6, 6.07) is 4.81. The summed E-state index contributed by atoms with van der Waals surface area (Å²) >= 11 is 3.33. The third-order valence-electron chi connectivity index (χ3n) is 3.12. The van der Waals surface area contributed by atoms with Crippen LogP contribution in [0.4, 0.5) is 4.39 Å². The van der Waals surface area contributed by atoms with Crippen LogP contribution in [0.25, 0.3) is 0 Å². The smallest absolute Gasteiger partial charge is 0.211 e. The zero-order valence-corrected chi connectivity index (χ0v) is 10.3. The number of nitrogens with zero attached hydrogens (tertiary/aromatic N) is 1. The molecule has 0 unspecified atom stereocenters. The summed E-state index contributed by atoms with van der Waals surface area (Å²) in [6.45, 7) is 0. The van der Waals surface area contributed by atoms with E-state index in [0.29, 0.717) is 22.9 Å². The van der Waals surface area contributed by atoms with Crippen molar-refractivity contribution in [2.75, 3.05) is 0 Å². The van der Waals surface area contributed by atoms with Crippen LogP contribution in [-0.2, 0) is 10.3 Å². The molecule has 0 N–H and O–H groups in total. The van der Waals surface area contributed by atoms with E-state index in [-0.39, 0.29) is 5.82 Å². The first-order chi connectivity index (χ1) is 7.69. The number of benzene rings is 1. The highest BCUT2D eigenvalue weighted by Crippen LogP contribution is 2.45. The van der Waals surface area contributed by atoms with Gasteiger partial charge in [0, 0.05) is 10.0 Å². The lowest BCUT2D eigenvalue weighted by Gasteiger charge is -2.24. The molecule has 2 nitrogen and oxygen atoms in total. The summed E-state index contributed by atoms with van der Waals surface area (Å²) in [5.41, 5.74) is -0.206. The number of rotatable bonds is 2. The summed E-state index contributed by atoms with van der Waals surface area (Å²) in [4.78, 5) is 14.4. The summed E-state index contributed by atoms with van der Waals surface area (Å²) in [6.07, 6.45) is 4.94. The van der Waals surface area contributed by atoms with Gasteiger partial charge < -0.3 is 0 Å². The topological polar surface area (TPSA) is 29.4 Å². The maximum atomic E-state index is 13.9. The molecule has 0 atom stereocenters. The van der Waals surface area contributed by atoms with Crippen LogP contribution in [-0.4, -0.2) is 6.08 Å². The molecule has 0 bridgehead atoms. The van der Waals surface area contributed by atoms with E-state index in [1.54, 1.807) is 18.2 Å². The van der Waals surface area contributed by atoms with Crippen molar-refractivity contribution in [3.63, 3.8) is 0 Å². The van der Waals surface area contributed by atoms with Gasteiger partial charge in [-0.2, -0.15) is 4.99 Å². The highest BCUT2D eigenvalue weighted by molar-refractivity contribution is 9.10. The Morgan fingerprint density at radius 1 is 1.38 bits per heavy atom. The lowest BCUT2D eigenvalue weighted by atomic mass is 9.88. The summed E-state index contributed by atoms with van der Waals surface area (Å²) in [7, 11) is 0. The molecule has 16 heavy (non-hydrogen) atoms. The number of hydrogen-bond acceptors (Lipinski definition) is 2. The minimum Gasteiger partial charge on any atom is -0.211 e. The highest BCUT2D eigenvalue weighted by Gasteiger charge is 2.39. The number of halogens is 2. The van der Waals surface area contributed by atoms with Crippen molar-refractivity contribution >= 4 is 22.0 Å². The Morgan fingerprint density at radius 2 is 2.06 bits per heavy atom. The molecule has 0 aromatic heterocycles. The van der Waals surface area contributed by atoms with Gasteiger partial charge in [0.1, 0.15) is 11.4 Å². The molecule has 0 spiro atoms. The normalized spacial score (nSPS) is 18.1. The molecule has 1 aliphatic carbocycles. The standard InChI is InChI=1S/C12H11BrFNO/c13-9-4-3-5-10(14)11(9)12(15-8-16)6-1-2-7-12/h3-5H,1-2,6-7H2. The van der Waals surface area contributed by atoms with Gasteiger partial charge in [0.25, 0.3) is 0 Å². The van der Waals surface area contributed by atoms with Gasteiger partial charge in [0.15, 0.2) is 0 Å². The summed E-state index contributed by atoms with van der Waals surface area (Å²) < 4.78 is 14.5. The van der Waals surface area contributed by atoms with Crippen LogP contribution in [0.15, 0.2) is 27.7 Å². The van der Waals surface area contributed by atoms with Gasteiger partial charge in [-0.1, -0.05) is 34.8 Å². The van der Waals surface area contributed by atoms with Gasteiger partial charge in [-0.25, -0.2) is 9.18 Å². The van der Waals surface area contributed by atoms with Crippen LogP contribution in [0.5, 0.6) is 0 Å². The zero-order chi connectivity index (χ0) is 11.6. The van der Waals surface area contributed by atoms with E-state index >= 15 is 0 Å². The fourth-order valence-corrected chi connectivity index (χ4v) is 3.12. The van der Waals surface area contributed by atoms with E-state index in [4.69, 9.17) is 0 Å². The highest BCUT2D eigenvalue weighted by atomic mass is 79.9. The zero-order valence-electron chi connectivity index (χ0n) is 8.67. The molecule has 1 aliphatic rings. The van der Waals surface area contributed by atoms with E-state index in [1.807, 2.05) is 0 Å². The predicted molar refractivity (Wildman–Crippen MR) is 62.4 cm³/mol. The quantitative estimate of drug-likeness (QED) is 0.601. The molecule has 1 aromatic carbocycles. The van der Waals surface area contributed by atoms with Crippen LogP contribution in [0.2, 0.25) is 0 Å². The third-order valence-corrected chi connectivity index (χ3v) is 3.78. The lowest BCUT2D eigenvalue weighted by Crippen LogP contribution is -2.21. The average Bonchev–Trinajstić information content (AvgIpc) is 2.67. The molecule has 4 heteroatoms. The van der Waals surface area contributed by atoms with E-state index < -0.39 is 5.54 Å². The molecule has 2 rings (SSSR count). The Morgan fingerprint density at radius 3 is 2.62 bits per heavy atom. The Kier molecular flexibility index (Phi) is 3.22. The van der Waals surface area contributed by atoms with E-state index in [9.17, 15) is 9.18 Å². The van der Waals surface area contributed by atoms with E-state index in [1.165, 1.54) is 6.07 Å². The minimum absolute atomic E-state index is 0.310. The third kappa shape index (κ3) is 1.83. The van der Waals surface area contributed by atoms with Crippen molar-refractivity contribution in [1.82, 2.24) is 0 Å². The Balaban J connectivity index is 2.59. The lowest BCUT2D eigenvalue weighted by molar-refractivity contribution is 0.428. The molecule has 0 amide bonds. The van der Waals surface area contributed by atoms with Gasteiger partial charge in [0.05, 0.1) is 0 Å². The van der Waals surface area contributed by atoms with Crippen molar-refractivity contribution < 1.29 is 9.18 Å². The Hall–Kier alpha value is -0.990. The van der Waals surface area contributed by atoms with Gasteiger partial charge in [-0.15, -0.1) is 0 Å². The second-order valence-electron chi connectivity index (χ2n) is 4.04. The summed E-state index contributed by atoms with van der Waals surface area (Å²) in [5, 5.41) is 0. The molecule has 1 fully saturated rings. The molecule has 0 saturated heterocycles. The summed E-state index contributed by atoms with van der Waals surface area (Å²) in [5.74, 6) is -0.310. The maximum Gasteiger partial charge on any atom is 0.235 e. The first-order valence-corrected chi connectivity index (χ1v) is 6.02. The first-order valence-electron chi connectivity index (χ1n) is 5.23. The molecule has 0 aliphatic heterocycles. The van der Waals surface area contributed by atoms with Crippen molar-refractivity contribution in [3.05, 3.63) is 34.1 Å². The first kappa shape index (κ1) is 11.5. The SMILES string of the molecule is O=C=NC1(c2c(F)cccc2Br)CCCC1. The van der Waals surface area contributed by atoms with Gasteiger partial charge in [0.2, 0.25) is 6.08 Å². The monoisotopic (exact) mass is 283 g/mol. The number of isocyanates is 1. The molecule has 1 aromatic rings. The van der Waals surface area contributed by atoms with Gasteiger partial charge >= 0.3 is 0 Å². The molecular weight excluding hydrogens is 273 g/mol. The van der Waals surface area contributed by atoms with E-state index in [0.717, 1.165) is 12.8 Å². The van der Waals surface area contributed by atoms with Crippen LogP contribution >= 0.6 is 15.9 Å². The van der Waals surface area contributed by atoms with Crippen molar-refractivity contribution in [1.29, 1.82) is 0 Å². The Labute approximate surface area is 102 Å². The van der Waals surface area contributed by atoms with Crippen LogP contribution in [0.3, 0.4) is 0 Å². The number of hydrogen-bond donors (Lipinski definition) is 0. The van der Waals surface area contributed by atoms with Crippen molar-refractivity contribution in [3.8, 4) is 0 Å². The van der Waals surface area contributed by atoms with Crippen LogP contribution < -0.4 is 0 Å². The molecule has 0 heterocycles. The molecular formula is C12H11BrFNO. The van der Waals surface area contributed by atoms with Crippen LogP contribution in [0, 0.1) is 5.82 Å². The van der Waals surface area contributed by atoms with Crippen molar-refractivity contribution in [2.24, 2.45) is 4.99 Å². The second-order valence-corrected chi connectivity index (χ2v) is 4.89. The fraction of sp³-hybridized carbons (Fsp3) is 0.417. The average molecular weight is 284 g/mol. The Bertz CT molecular complexity index is 428. The van der Waals surface area contributed by atoms with Gasteiger partial charge in [-0.3, -0.25) is 0 Å². The second kappa shape index (κ2) is 4.48. The van der Waals surface area contributed by atoms with Crippen LogP contribution in [0.1, 0.15) is 31.2 Å².